The molecular formula is C11H20N4O2. The van der Waals surface area contributed by atoms with Crippen LogP contribution in [0, 0.1) is 5.92 Å². The summed E-state index contributed by atoms with van der Waals surface area (Å²) in [5, 5.41) is 0. The smallest absolute Gasteiger partial charge is 0.324 e. The summed E-state index contributed by atoms with van der Waals surface area (Å²) < 4.78 is 10.9. The molecule has 1 rings (SSSR count). The number of nitrogens with two attached hydrogens (primary N) is 1. The van der Waals surface area contributed by atoms with Crippen molar-refractivity contribution < 1.29 is 9.47 Å². The average molecular weight is 240 g/mol. The molecule has 2 N–H and O–H groups in total. The molecule has 1 aromatic rings. The zero-order valence-corrected chi connectivity index (χ0v) is 11.0. The van der Waals surface area contributed by atoms with Crippen molar-refractivity contribution in [1.82, 2.24) is 15.0 Å². The van der Waals surface area contributed by atoms with Gasteiger partial charge in [0.25, 0.3) is 0 Å². The molecule has 0 amide bonds. The summed E-state index contributed by atoms with van der Waals surface area (Å²) in [6.07, 6.45) is -0.0177. The molecule has 0 aromatic carbocycles. The lowest BCUT2D eigenvalue weighted by Crippen LogP contribution is -2.21. The van der Waals surface area contributed by atoms with Crippen LogP contribution in [0.3, 0.4) is 0 Å². The van der Waals surface area contributed by atoms with Crippen LogP contribution in [-0.4, -0.2) is 27.2 Å². The molecular weight excluding hydrogens is 220 g/mol. The second kappa shape index (κ2) is 5.65. The summed E-state index contributed by atoms with van der Waals surface area (Å²) in [5.74, 6) is 0.462. The first-order valence-corrected chi connectivity index (χ1v) is 5.73. The van der Waals surface area contributed by atoms with Crippen LogP contribution in [0.2, 0.25) is 0 Å². The topological polar surface area (TPSA) is 83.2 Å². The van der Waals surface area contributed by atoms with Crippen molar-refractivity contribution in [2.24, 2.45) is 5.92 Å². The maximum Gasteiger partial charge on any atom is 0.324 e. The van der Waals surface area contributed by atoms with Gasteiger partial charge in [0.2, 0.25) is 5.95 Å². The lowest BCUT2D eigenvalue weighted by atomic mass is 10.1. The SMILES string of the molecule is CC(C)Oc1nc(N)nc(OC(C)C(C)C)n1. The summed E-state index contributed by atoms with van der Waals surface area (Å²) in [7, 11) is 0. The number of rotatable bonds is 5. The zero-order valence-electron chi connectivity index (χ0n) is 11.0. The fourth-order valence-electron chi connectivity index (χ4n) is 0.971. The van der Waals surface area contributed by atoms with Gasteiger partial charge in [0.15, 0.2) is 0 Å². The van der Waals surface area contributed by atoms with E-state index in [0.717, 1.165) is 0 Å². The number of aromatic nitrogens is 3. The molecule has 0 radical (unpaired) electrons. The van der Waals surface area contributed by atoms with Crippen LogP contribution in [-0.2, 0) is 0 Å². The van der Waals surface area contributed by atoms with E-state index in [0.29, 0.717) is 5.92 Å². The molecule has 0 spiro atoms. The quantitative estimate of drug-likeness (QED) is 0.842. The Hall–Kier alpha value is -1.59. The second-order valence-corrected chi connectivity index (χ2v) is 4.49. The molecule has 0 saturated heterocycles. The van der Waals surface area contributed by atoms with Crippen LogP contribution in [0.5, 0.6) is 12.0 Å². The Balaban J connectivity index is 2.82. The largest absolute Gasteiger partial charge is 0.461 e. The van der Waals surface area contributed by atoms with E-state index in [9.17, 15) is 0 Å². The molecule has 1 heterocycles. The van der Waals surface area contributed by atoms with E-state index in [4.69, 9.17) is 15.2 Å². The minimum Gasteiger partial charge on any atom is -0.461 e. The van der Waals surface area contributed by atoms with E-state index in [1.165, 1.54) is 0 Å². The van der Waals surface area contributed by atoms with E-state index >= 15 is 0 Å². The summed E-state index contributed by atoms with van der Waals surface area (Å²) in [6, 6.07) is 0.396. The highest BCUT2D eigenvalue weighted by Gasteiger charge is 2.13. The Morgan fingerprint density at radius 1 is 0.882 bits per heavy atom. The van der Waals surface area contributed by atoms with Gasteiger partial charge in [-0.25, -0.2) is 0 Å². The minimum absolute atomic E-state index is 0.00343. The molecule has 1 aromatic heterocycles. The molecule has 0 aliphatic carbocycles. The first kappa shape index (κ1) is 13.5. The van der Waals surface area contributed by atoms with Crippen molar-refractivity contribution in [3.8, 4) is 12.0 Å². The number of hydrogen-bond donors (Lipinski definition) is 1. The molecule has 0 aliphatic rings. The Morgan fingerprint density at radius 3 is 1.88 bits per heavy atom. The molecule has 0 fully saturated rings. The van der Waals surface area contributed by atoms with E-state index in [1.807, 2.05) is 20.8 Å². The van der Waals surface area contributed by atoms with E-state index < -0.39 is 0 Å². The number of nitrogen functional groups attached to an aromatic ring is 1. The Labute approximate surface area is 102 Å². The molecule has 0 saturated carbocycles. The molecule has 0 aliphatic heterocycles. The average Bonchev–Trinajstić information content (AvgIpc) is 2.14. The van der Waals surface area contributed by atoms with E-state index in [2.05, 4.69) is 28.8 Å². The predicted octanol–water partition coefficient (Wildman–Crippen LogP) is 1.66. The number of anilines is 1. The lowest BCUT2D eigenvalue weighted by molar-refractivity contribution is 0.149. The summed E-state index contributed by atoms with van der Waals surface area (Å²) in [4.78, 5) is 11.8. The number of ether oxygens (including phenoxy) is 2. The second-order valence-electron chi connectivity index (χ2n) is 4.49. The van der Waals surface area contributed by atoms with Gasteiger partial charge < -0.3 is 15.2 Å². The van der Waals surface area contributed by atoms with Crippen LogP contribution in [0.25, 0.3) is 0 Å². The zero-order chi connectivity index (χ0) is 13.0. The molecule has 6 nitrogen and oxygen atoms in total. The normalized spacial score (nSPS) is 12.9. The third kappa shape index (κ3) is 4.42. The third-order valence-electron chi connectivity index (χ3n) is 2.18. The van der Waals surface area contributed by atoms with E-state index in [1.54, 1.807) is 0 Å². The fraction of sp³-hybridized carbons (Fsp3) is 0.727. The van der Waals surface area contributed by atoms with Crippen molar-refractivity contribution in [2.75, 3.05) is 5.73 Å². The van der Waals surface area contributed by atoms with Gasteiger partial charge in [-0.3, -0.25) is 0 Å². The first-order valence-electron chi connectivity index (χ1n) is 5.73. The van der Waals surface area contributed by atoms with Gasteiger partial charge in [-0.2, -0.15) is 9.97 Å². The Morgan fingerprint density at radius 2 is 1.41 bits per heavy atom. The monoisotopic (exact) mass is 240 g/mol. The van der Waals surface area contributed by atoms with Crippen LogP contribution < -0.4 is 15.2 Å². The highest BCUT2D eigenvalue weighted by molar-refractivity contribution is 5.20. The maximum absolute atomic E-state index is 5.56. The molecule has 1 unspecified atom stereocenters. The molecule has 6 heteroatoms. The van der Waals surface area contributed by atoms with Crippen LogP contribution in [0.1, 0.15) is 34.6 Å². The highest BCUT2D eigenvalue weighted by Crippen LogP contribution is 2.15. The summed E-state index contributed by atoms with van der Waals surface area (Å²) in [6.45, 7) is 9.84. The number of hydrogen-bond acceptors (Lipinski definition) is 6. The Bertz CT molecular complexity index is 368. The minimum atomic E-state index is -0.0211. The Kier molecular flexibility index (Phi) is 4.48. The van der Waals surface area contributed by atoms with Crippen molar-refractivity contribution in [1.29, 1.82) is 0 Å². The lowest BCUT2D eigenvalue weighted by Gasteiger charge is -2.17. The van der Waals surface area contributed by atoms with Crippen molar-refractivity contribution in [3.63, 3.8) is 0 Å². The van der Waals surface area contributed by atoms with Crippen LogP contribution >= 0.6 is 0 Å². The van der Waals surface area contributed by atoms with Crippen LogP contribution in [0.15, 0.2) is 0 Å². The van der Waals surface area contributed by atoms with Crippen LogP contribution in [0.4, 0.5) is 5.95 Å². The molecule has 1 atom stereocenters. The van der Waals surface area contributed by atoms with Gasteiger partial charge in [-0.1, -0.05) is 13.8 Å². The first-order chi connectivity index (χ1) is 7.88. The number of nitrogens with zero attached hydrogens (tertiary/aromatic N) is 3. The highest BCUT2D eigenvalue weighted by atomic mass is 16.5. The maximum atomic E-state index is 5.56. The fourth-order valence-corrected chi connectivity index (χ4v) is 0.971. The molecule has 17 heavy (non-hydrogen) atoms. The van der Waals surface area contributed by atoms with Gasteiger partial charge in [-0.15, -0.1) is 4.98 Å². The van der Waals surface area contributed by atoms with Crippen molar-refractivity contribution in [2.45, 2.75) is 46.8 Å². The standard InChI is InChI=1S/C11H20N4O2/c1-6(2)8(5)17-11-14-9(12)13-10(15-11)16-7(3)4/h6-8H,1-5H3,(H2,12,13,14,15). The summed E-state index contributed by atoms with van der Waals surface area (Å²) >= 11 is 0. The predicted molar refractivity (Wildman–Crippen MR) is 64.9 cm³/mol. The van der Waals surface area contributed by atoms with Gasteiger partial charge >= 0.3 is 12.0 Å². The third-order valence-corrected chi connectivity index (χ3v) is 2.18. The van der Waals surface area contributed by atoms with Gasteiger partial charge in [0.05, 0.1) is 6.10 Å². The molecule has 96 valence electrons. The van der Waals surface area contributed by atoms with Crippen molar-refractivity contribution in [3.05, 3.63) is 0 Å². The van der Waals surface area contributed by atoms with Gasteiger partial charge in [-0.05, 0) is 26.7 Å². The van der Waals surface area contributed by atoms with Gasteiger partial charge in [0, 0.05) is 0 Å². The summed E-state index contributed by atoms with van der Waals surface area (Å²) in [5.41, 5.74) is 5.56. The van der Waals surface area contributed by atoms with Gasteiger partial charge in [0.1, 0.15) is 6.10 Å². The molecule has 0 bridgehead atoms. The van der Waals surface area contributed by atoms with Crippen molar-refractivity contribution >= 4 is 5.95 Å². The van der Waals surface area contributed by atoms with E-state index in [-0.39, 0.29) is 30.2 Å².